The Kier molecular flexibility index (Phi) is 5.96. The number of anilines is 2. The van der Waals surface area contributed by atoms with Gasteiger partial charge in [0, 0.05) is 16.8 Å². The summed E-state index contributed by atoms with van der Waals surface area (Å²) in [6.07, 6.45) is 0. The van der Waals surface area contributed by atoms with Gasteiger partial charge in [-0.1, -0.05) is 54.1 Å². The molecule has 3 aromatic carbocycles. The molecule has 0 aliphatic carbocycles. The standard InChI is InChI=1S/C26H21ClFN5O2/c1-15-22(25(34)30-20-13-7-8-14-21(20)35-2)23(17-10-4-6-12-19(17)28)33-26(29-15)31-24(32-33)16-9-3-5-11-18(16)27/h3-14,23H,1-2H3,(H,30,34)(H,29,31,32). The monoisotopic (exact) mass is 489 g/mol. The van der Waals surface area contributed by atoms with E-state index in [9.17, 15) is 4.79 Å². The summed E-state index contributed by atoms with van der Waals surface area (Å²) >= 11 is 6.37. The Morgan fingerprint density at radius 1 is 1.09 bits per heavy atom. The van der Waals surface area contributed by atoms with Crippen LogP contribution in [-0.4, -0.2) is 27.8 Å². The third-order valence-electron chi connectivity index (χ3n) is 5.77. The molecule has 1 aliphatic rings. The Morgan fingerprint density at radius 2 is 1.80 bits per heavy atom. The van der Waals surface area contributed by atoms with Gasteiger partial charge in [0.25, 0.3) is 5.91 Å². The number of nitrogens with one attached hydrogen (secondary N) is 2. The van der Waals surface area contributed by atoms with E-state index in [1.54, 1.807) is 61.5 Å². The van der Waals surface area contributed by atoms with Gasteiger partial charge in [0.15, 0.2) is 5.82 Å². The van der Waals surface area contributed by atoms with E-state index in [1.807, 2.05) is 12.1 Å². The quantitative estimate of drug-likeness (QED) is 0.377. The average molecular weight is 490 g/mol. The van der Waals surface area contributed by atoms with E-state index < -0.39 is 17.8 Å². The number of para-hydroxylation sites is 2. The summed E-state index contributed by atoms with van der Waals surface area (Å²) in [5.74, 6) is 0.356. The summed E-state index contributed by atoms with van der Waals surface area (Å²) in [5.41, 5.74) is 2.23. The van der Waals surface area contributed by atoms with Gasteiger partial charge in [-0.25, -0.2) is 9.07 Å². The molecular formula is C26H21ClFN5O2. The summed E-state index contributed by atoms with van der Waals surface area (Å²) in [4.78, 5) is 18.2. The molecule has 1 atom stereocenters. The molecular weight excluding hydrogens is 469 g/mol. The first-order chi connectivity index (χ1) is 17.0. The minimum Gasteiger partial charge on any atom is -0.495 e. The van der Waals surface area contributed by atoms with Crippen LogP contribution < -0.4 is 15.4 Å². The van der Waals surface area contributed by atoms with Gasteiger partial charge in [0.1, 0.15) is 17.6 Å². The van der Waals surface area contributed by atoms with Crippen LogP contribution in [0.2, 0.25) is 5.02 Å². The highest BCUT2D eigenvalue weighted by molar-refractivity contribution is 6.33. The van der Waals surface area contributed by atoms with Gasteiger partial charge in [-0.3, -0.25) is 4.79 Å². The molecule has 0 saturated heterocycles. The third-order valence-corrected chi connectivity index (χ3v) is 6.10. The maximum atomic E-state index is 15.1. The van der Waals surface area contributed by atoms with Crippen LogP contribution in [0.3, 0.4) is 0 Å². The molecule has 4 aromatic rings. The van der Waals surface area contributed by atoms with Crippen molar-refractivity contribution in [1.82, 2.24) is 14.8 Å². The normalized spacial score (nSPS) is 14.8. The second-order valence-electron chi connectivity index (χ2n) is 7.93. The summed E-state index contributed by atoms with van der Waals surface area (Å²) < 4.78 is 22.0. The van der Waals surface area contributed by atoms with E-state index in [0.29, 0.717) is 45.1 Å². The number of rotatable bonds is 5. The second kappa shape index (κ2) is 9.23. The van der Waals surface area contributed by atoms with E-state index in [-0.39, 0.29) is 5.56 Å². The van der Waals surface area contributed by atoms with Crippen molar-refractivity contribution in [2.75, 3.05) is 17.7 Å². The van der Waals surface area contributed by atoms with Crippen molar-refractivity contribution in [3.05, 3.63) is 100 Å². The van der Waals surface area contributed by atoms with Crippen LogP contribution in [0.4, 0.5) is 16.0 Å². The highest BCUT2D eigenvalue weighted by Gasteiger charge is 2.36. The highest BCUT2D eigenvalue weighted by atomic mass is 35.5. The van der Waals surface area contributed by atoms with Gasteiger partial charge in [0.2, 0.25) is 5.95 Å². The highest BCUT2D eigenvalue weighted by Crippen LogP contribution is 2.39. The minimum atomic E-state index is -0.870. The Bertz CT molecular complexity index is 1470. The molecule has 35 heavy (non-hydrogen) atoms. The zero-order chi connectivity index (χ0) is 24.5. The van der Waals surface area contributed by atoms with Crippen LogP contribution in [0.25, 0.3) is 11.4 Å². The molecule has 0 radical (unpaired) electrons. The number of methoxy groups -OCH3 is 1. The Hall–Kier alpha value is -4.17. The van der Waals surface area contributed by atoms with E-state index in [2.05, 4.69) is 20.7 Å². The number of ether oxygens (including phenoxy) is 1. The maximum absolute atomic E-state index is 15.1. The van der Waals surface area contributed by atoms with Crippen LogP contribution >= 0.6 is 11.6 Å². The van der Waals surface area contributed by atoms with Crippen LogP contribution in [0.15, 0.2) is 84.1 Å². The number of hydrogen-bond acceptors (Lipinski definition) is 5. The van der Waals surface area contributed by atoms with E-state index in [1.165, 1.54) is 17.9 Å². The van der Waals surface area contributed by atoms with Gasteiger partial charge >= 0.3 is 0 Å². The molecule has 5 rings (SSSR count). The lowest BCUT2D eigenvalue weighted by Crippen LogP contribution is -2.32. The molecule has 0 saturated carbocycles. The fraction of sp³-hybridized carbons (Fsp3) is 0.115. The summed E-state index contributed by atoms with van der Waals surface area (Å²) in [6, 6.07) is 19.7. The van der Waals surface area contributed by atoms with E-state index >= 15 is 4.39 Å². The number of carbonyl (C=O) groups is 1. The van der Waals surface area contributed by atoms with Crippen LogP contribution in [0.5, 0.6) is 5.75 Å². The molecule has 0 fully saturated rings. The SMILES string of the molecule is COc1ccccc1NC(=O)C1=C(C)Nc2nc(-c3ccccc3Cl)nn2C1c1ccccc1F. The van der Waals surface area contributed by atoms with Crippen molar-refractivity contribution in [3.63, 3.8) is 0 Å². The van der Waals surface area contributed by atoms with Crippen molar-refractivity contribution in [2.45, 2.75) is 13.0 Å². The predicted molar refractivity (Wildman–Crippen MR) is 133 cm³/mol. The third kappa shape index (κ3) is 4.13. The average Bonchev–Trinajstić information content (AvgIpc) is 3.27. The molecule has 1 aromatic heterocycles. The van der Waals surface area contributed by atoms with Crippen LogP contribution in [0.1, 0.15) is 18.5 Å². The minimum absolute atomic E-state index is 0.287. The summed E-state index contributed by atoms with van der Waals surface area (Å²) in [7, 11) is 1.53. The summed E-state index contributed by atoms with van der Waals surface area (Å²) in [5, 5.41) is 11.2. The number of nitrogens with zero attached hydrogens (tertiary/aromatic N) is 3. The molecule has 9 heteroatoms. The number of amides is 1. The fourth-order valence-corrected chi connectivity index (χ4v) is 4.34. The molecule has 1 aliphatic heterocycles. The number of halogens is 2. The predicted octanol–water partition coefficient (Wildman–Crippen LogP) is 5.67. The molecule has 1 amide bonds. The number of benzene rings is 3. The number of aromatic nitrogens is 3. The second-order valence-corrected chi connectivity index (χ2v) is 8.33. The van der Waals surface area contributed by atoms with Gasteiger partial charge in [-0.15, -0.1) is 5.10 Å². The van der Waals surface area contributed by atoms with Crippen molar-refractivity contribution in [2.24, 2.45) is 0 Å². The van der Waals surface area contributed by atoms with E-state index in [0.717, 1.165) is 0 Å². The van der Waals surface area contributed by atoms with Crippen LogP contribution in [0, 0.1) is 5.82 Å². The number of fused-ring (bicyclic) bond motifs is 1. The van der Waals surface area contributed by atoms with E-state index in [4.69, 9.17) is 16.3 Å². The first-order valence-electron chi connectivity index (χ1n) is 10.9. The van der Waals surface area contributed by atoms with Gasteiger partial charge in [-0.2, -0.15) is 4.98 Å². The molecule has 1 unspecified atom stereocenters. The molecule has 0 bridgehead atoms. The maximum Gasteiger partial charge on any atom is 0.255 e. The van der Waals surface area contributed by atoms with Crippen molar-refractivity contribution in [3.8, 4) is 17.1 Å². The lowest BCUT2D eigenvalue weighted by Gasteiger charge is -2.29. The van der Waals surface area contributed by atoms with Crippen molar-refractivity contribution >= 4 is 29.1 Å². The lowest BCUT2D eigenvalue weighted by atomic mass is 9.94. The molecule has 0 spiro atoms. The van der Waals surface area contributed by atoms with Gasteiger partial charge < -0.3 is 15.4 Å². The molecule has 2 heterocycles. The number of allylic oxidation sites excluding steroid dienone is 1. The molecule has 176 valence electrons. The smallest absolute Gasteiger partial charge is 0.255 e. The number of hydrogen-bond donors (Lipinski definition) is 2. The number of carbonyl (C=O) groups excluding carboxylic acids is 1. The zero-order valence-electron chi connectivity index (χ0n) is 18.9. The topological polar surface area (TPSA) is 81.1 Å². The zero-order valence-corrected chi connectivity index (χ0v) is 19.7. The van der Waals surface area contributed by atoms with Crippen molar-refractivity contribution < 1.29 is 13.9 Å². The van der Waals surface area contributed by atoms with Gasteiger partial charge in [0.05, 0.1) is 23.4 Å². The van der Waals surface area contributed by atoms with Gasteiger partial charge in [-0.05, 0) is 37.3 Å². The Morgan fingerprint density at radius 3 is 2.57 bits per heavy atom. The van der Waals surface area contributed by atoms with Crippen molar-refractivity contribution in [1.29, 1.82) is 0 Å². The Balaban J connectivity index is 1.63. The Labute approximate surface area is 206 Å². The first kappa shape index (κ1) is 22.6. The fourth-order valence-electron chi connectivity index (χ4n) is 4.12. The summed E-state index contributed by atoms with van der Waals surface area (Å²) in [6.45, 7) is 1.75. The first-order valence-corrected chi connectivity index (χ1v) is 11.2. The molecule has 7 nitrogen and oxygen atoms in total. The largest absolute Gasteiger partial charge is 0.495 e. The molecule has 2 N–H and O–H groups in total. The van der Waals surface area contributed by atoms with Crippen LogP contribution in [-0.2, 0) is 4.79 Å². The lowest BCUT2D eigenvalue weighted by molar-refractivity contribution is -0.113.